The van der Waals surface area contributed by atoms with Crippen LogP contribution >= 0.6 is 0 Å². The zero-order valence-electron chi connectivity index (χ0n) is 40.8. The van der Waals surface area contributed by atoms with E-state index in [-0.39, 0.29) is 58.6 Å². The number of aryl methyl sites for hydroxylation is 1. The number of hydrogen-bond donors (Lipinski definition) is 0. The van der Waals surface area contributed by atoms with E-state index in [0.29, 0.717) is 37.6 Å². The van der Waals surface area contributed by atoms with Crippen LogP contribution in [-0.4, -0.2) is 113 Å². The molecule has 4 fully saturated rings. The molecular weight excluding hydrogens is 837 g/mol. The van der Waals surface area contributed by atoms with Crippen LogP contribution in [0.4, 0.5) is 0 Å². The summed E-state index contributed by atoms with van der Waals surface area (Å²) in [5.41, 5.74) is 3.26. The van der Waals surface area contributed by atoms with Crippen LogP contribution in [0.2, 0.25) is 36.3 Å². The molecule has 1 aromatic carbocycles. The Hall–Kier alpha value is -1.24. The maximum atomic E-state index is 14.3. The molecule has 10 atom stereocenters. The summed E-state index contributed by atoms with van der Waals surface area (Å²) in [6.07, 6.45) is 5.04. The van der Waals surface area contributed by atoms with Crippen LogP contribution in [-0.2, 0) is 53.5 Å². The van der Waals surface area contributed by atoms with Crippen molar-refractivity contribution in [2.45, 2.75) is 209 Å². The smallest absolute Gasteiger partial charge is 0.192 e. The first kappa shape index (κ1) is 51.7. The highest BCUT2D eigenvalue weighted by Crippen LogP contribution is 2.44. The first-order chi connectivity index (χ1) is 28.8. The van der Waals surface area contributed by atoms with E-state index in [1.165, 1.54) is 0 Å². The molecule has 4 aliphatic rings. The first-order valence-electron chi connectivity index (χ1n) is 23.6. The average Bonchev–Trinajstić information content (AvgIpc) is 3.91. The fourth-order valence-electron chi connectivity index (χ4n) is 8.96. The molecule has 4 heterocycles. The van der Waals surface area contributed by atoms with Crippen molar-refractivity contribution in [3.63, 3.8) is 0 Å². The maximum Gasteiger partial charge on any atom is 0.192 e. The monoisotopic (exact) mass is 921 g/mol. The fraction of sp³-hybridized carbons (Fsp3) is 0.796. The van der Waals surface area contributed by atoms with Crippen LogP contribution in [0.3, 0.4) is 0 Å². The van der Waals surface area contributed by atoms with Gasteiger partial charge in [-0.1, -0.05) is 80.7 Å². The third kappa shape index (κ3) is 13.2. The molecule has 0 saturated carbocycles. The molecule has 0 bridgehead atoms. The van der Waals surface area contributed by atoms with Crippen LogP contribution in [0.1, 0.15) is 112 Å². The van der Waals surface area contributed by atoms with Gasteiger partial charge in [0, 0.05) is 32.3 Å². The molecule has 0 N–H and O–H groups in total. The van der Waals surface area contributed by atoms with Crippen molar-refractivity contribution >= 4 is 26.5 Å². The standard InChI is InChI=1S/C49H84O10SSi2/c1-16-36-17-21-40(22-18-36)60(50,51)32-41-44(58-45(47(41)52-11)29-39(59-62(14,15)49(8,9)10)31-55-61(12,13)48(5,6)7)30-43-35(4)33(2)27-37(57-43)19-23-42-34(3)28-38(56-42)20-24-46-53-25-26-54-46/h17-18,21-22,33,37-39,41-47H,3-4,16,19-20,23-32H2,1-2,5-15H3/t33-,37+,38+,39+,41+,42+,43-,44+,45-,47-/m1/s1. The molecule has 0 radical (unpaired) electrons. The summed E-state index contributed by atoms with van der Waals surface area (Å²) in [5, 5.41) is 0.0159. The second kappa shape index (κ2) is 21.2. The number of methoxy groups -OCH3 is 1. The van der Waals surface area contributed by atoms with Gasteiger partial charge in [-0.25, -0.2) is 8.42 Å². The number of benzene rings is 1. The molecule has 0 unspecified atom stereocenters. The van der Waals surface area contributed by atoms with E-state index in [1.807, 2.05) is 12.1 Å². The van der Waals surface area contributed by atoms with Crippen molar-refractivity contribution in [2.75, 3.05) is 32.7 Å². The molecule has 10 nitrogen and oxygen atoms in total. The summed E-state index contributed by atoms with van der Waals surface area (Å²) in [7, 11) is -6.39. The van der Waals surface area contributed by atoms with E-state index >= 15 is 0 Å². The van der Waals surface area contributed by atoms with Gasteiger partial charge in [-0.2, -0.15) is 0 Å². The Labute approximate surface area is 378 Å². The largest absolute Gasteiger partial charge is 0.414 e. The number of rotatable bonds is 20. The molecule has 5 rings (SSSR count). The predicted molar refractivity (Wildman–Crippen MR) is 253 cm³/mol. The van der Waals surface area contributed by atoms with Crippen molar-refractivity contribution in [1.29, 1.82) is 0 Å². The molecule has 0 amide bonds. The van der Waals surface area contributed by atoms with Gasteiger partial charge in [0.05, 0.1) is 79.3 Å². The normalized spacial score (nSPS) is 30.1. The van der Waals surface area contributed by atoms with Crippen molar-refractivity contribution in [1.82, 2.24) is 0 Å². The molecule has 1 aromatic rings. The molecule has 0 spiro atoms. The Balaban J connectivity index is 1.36. The number of hydrogen-bond acceptors (Lipinski definition) is 10. The minimum Gasteiger partial charge on any atom is -0.414 e. The highest BCUT2D eigenvalue weighted by atomic mass is 32.2. The summed E-state index contributed by atoms with van der Waals surface area (Å²) < 4.78 is 80.8. The van der Waals surface area contributed by atoms with Crippen LogP contribution in [0.5, 0.6) is 0 Å². The number of ether oxygens (including phenoxy) is 6. The van der Waals surface area contributed by atoms with Crippen molar-refractivity contribution in [3.05, 3.63) is 54.1 Å². The van der Waals surface area contributed by atoms with Gasteiger partial charge < -0.3 is 37.3 Å². The van der Waals surface area contributed by atoms with E-state index in [1.54, 1.807) is 19.2 Å². The Kier molecular flexibility index (Phi) is 17.7. The molecule has 0 aromatic heterocycles. The summed E-state index contributed by atoms with van der Waals surface area (Å²) in [6, 6.07) is 7.29. The van der Waals surface area contributed by atoms with Gasteiger partial charge >= 0.3 is 0 Å². The van der Waals surface area contributed by atoms with Gasteiger partial charge in [-0.3, -0.25) is 0 Å². The predicted octanol–water partition coefficient (Wildman–Crippen LogP) is 10.6. The first-order valence-corrected chi connectivity index (χ1v) is 31.0. The highest BCUT2D eigenvalue weighted by molar-refractivity contribution is 7.91. The Morgan fingerprint density at radius 3 is 2.03 bits per heavy atom. The molecule has 0 aliphatic carbocycles. The van der Waals surface area contributed by atoms with E-state index in [9.17, 15) is 8.42 Å². The minimum atomic E-state index is -3.71. The summed E-state index contributed by atoms with van der Waals surface area (Å²) in [4.78, 5) is 0.318. The summed E-state index contributed by atoms with van der Waals surface area (Å²) in [5.74, 6) is -0.323. The lowest BCUT2D eigenvalue weighted by Gasteiger charge is -2.42. The summed E-state index contributed by atoms with van der Waals surface area (Å²) in [6.45, 7) is 37.6. The fourth-order valence-corrected chi connectivity index (χ4v) is 13.0. The van der Waals surface area contributed by atoms with Gasteiger partial charge in [-0.05, 0) is 110 Å². The van der Waals surface area contributed by atoms with E-state index in [4.69, 9.17) is 37.3 Å². The highest BCUT2D eigenvalue weighted by Gasteiger charge is 2.50. The lowest BCUT2D eigenvalue weighted by atomic mass is 9.83. The molecular formula is C49H84O10SSi2. The van der Waals surface area contributed by atoms with Crippen molar-refractivity contribution in [3.8, 4) is 0 Å². The molecule has 13 heteroatoms. The summed E-state index contributed by atoms with van der Waals surface area (Å²) >= 11 is 0. The van der Waals surface area contributed by atoms with Gasteiger partial charge in [0.15, 0.2) is 32.8 Å². The van der Waals surface area contributed by atoms with E-state index in [2.05, 4.69) is 94.7 Å². The van der Waals surface area contributed by atoms with E-state index < -0.39 is 50.7 Å². The minimum absolute atomic E-state index is 0.000721. The zero-order valence-corrected chi connectivity index (χ0v) is 43.6. The zero-order chi connectivity index (χ0) is 45.8. The maximum absolute atomic E-state index is 14.3. The van der Waals surface area contributed by atoms with Crippen LogP contribution in [0, 0.1) is 11.8 Å². The van der Waals surface area contributed by atoms with Crippen LogP contribution in [0.25, 0.3) is 0 Å². The number of sulfone groups is 1. The lowest BCUT2D eigenvalue weighted by molar-refractivity contribution is -0.0791. The second-order valence-electron chi connectivity index (χ2n) is 21.8. The quantitative estimate of drug-likeness (QED) is 0.0927. The van der Waals surface area contributed by atoms with Gasteiger partial charge in [0.25, 0.3) is 0 Å². The van der Waals surface area contributed by atoms with Crippen LogP contribution in [0.15, 0.2) is 53.5 Å². The Bertz CT molecular complexity index is 1730. The lowest BCUT2D eigenvalue weighted by Crippen LogP contribution is -2.49. The second-order valence-corrected chi connectivity index (χ2v) is 33.4. The average molecular weight is 921 g/mol. The van der Waals surface area contributed by atoms with Gasteiger partial charge in [0.2, 0.25) is 0 Å². The molecule has 62 heavy (non-hydrogen) atoms. The van der Waals surface area contributed by atoms with Gasteiger partial charge in [0.1, 0.15) is 0 Å². The van der Waals surface area contributed by atoms with Gasteiger partial charge in [-0.15, -0.1) is 0 Å². The SMILES string of the molecule is C=C1C[C@H](CCC2OCCO2)O[C@H]1CC[C@H]1C[C@@H](C)C(=C)[C@@H](C[C@@H]2O[C@H](C[C@@H](CO[Si](C)(C)C(C)(C)C)O[Si](C)(C)C(C)(C)C)[C@H](OC)[C@H]2CS(=O)(=O)c2ccc(CC)cc2)O1. The molecule has 354 valence electrons. The topological polar surface area (TPSA) is 108 Å². The van der Waals surface area contributed by atoms with Crippen molar-refractivity contribution < 1.29 is 45.7 Å². The van der Waals surface area contributed by atoms with E-state index in [0.717, 1.165) is 61.7 Å². The molecule has 4 aliphatic heterocycles. The third-order valence-electron chi connectivity index (χ3n) is 15.1. The molecule has 4 saturated heterocycles. The van der Waals surface area contributed by atoms with Crippen LogP contribution < -0.4 is 0 Å². The van der Waals surface area contributed by atoms with Crippen molar-refractivity contribution in [2.24, 2.45) is 11.8 Å². The third-order valence-corrected chi connectivity index (χ3v) is 26.0. The Morgan fingerprint density at radius 2 is 1.44 bits per heavy atom. The Morgan fingerprint density at radius 1 is 0.823 bits per heavy atom.